The van der Waals surface area contributed by atoms with Crippen molar-refractivity contribution in [3.8, 4) is 0 Å². The largest absolute Gasteiger partial charge is 0.378 e. The molecule has 2 fully saturated rings. The first-order chi connectivity index (χ1) is 9.66. The van der Waals surface area contributed by atoms with Crippen molar-refractivity contribution in [3.05, 3.63) is 35.9 Å². The standard InChI is InChI=1S/C16H22N2O2/c1-17-13-7-8-14(17)11-18(10-9-13)16(20)15(19)12-5-3-2-4-6-12/h2-6,13-15,19H,7-11H2,1H3. The van der Waals surface area contributed by atoms with Crippen LogP contribution < -0.4 is 0 Å². The Balaban J connectivity index is 1.71. The molecule has 4 nitrogen and oxygen atoms in total. The molecule has 20 heavy (non-hydrogen) atoms. The lowest BCUT2D eigenvalue weighted by molar-refractivity contribution is -0.140. The van der Waals surface area contributed by atoms with E-state index < -0.39 is 6.10 Å². The number of fused-ring (bicyclic) bond motifs is 2. The van der Waals surface area contributed by atoms with Crippen LogP contribution in [0.2, 0.25) is 0 Å². The number of likely N-dealkylation sites (N-methyl/N-ethyl adjacent to an activating group) is 1. The van der Waals surface area contributed by atoms with Crippen LogP contribution in [-0.4, -0.2) is 53.0 Å². The summed E-state index contributed by atoms with van der Waals surface area (Å²) in [4.78, 5) is 16.7. The molecule has 2 bridgehead atoms. The Kier molecular flexibility index (Phi) is 3.76. The molecule has 3 atom stereocenters. The lowest BCUT2D eigenvalue weighted by Gasteiger charge is -2.27. The van der Waals surface area contributed by atoms with E-state index in [-0.39, 0.29) is 5.91 Å². The molecule has 0 radical (unpaired) electrons. The highest BCUT2D eigenvalue weighted by Crippen LogP contribution is 2.29. The van der Waals surface area contributed by atoms with E-state index in [0.717, 1.165) is 25.9 Å². The van der Waals surface area contributed by atoms with E-state index in [1.807, 2.05) is 23.1 Å². The number of hydrogen-bond acceptors (Lipinski definition) is 3. The number of benzene rings is 1. The first-order valence-corrected chi connectivity index (χ1v) is 7.40. The minimum Gasteiger partial charge on any atom is -0.378 e. The quantitative estimate of drug-likeness (QED) is 0.887. The van der Waals surface area contributed by atoms with Gasteiger partial charge in [0.05, 0.1) is 0 Å². The van der Waals surface area contributed by atoms with Gasteiger partial charge in [0.15, 0.2) is 6.10 Å². The third kappa shape index (κ3) is 2.45. The van der Waals surface area contributed by atoms with Crippen LogP contribution >= 0.6 is 0 Å². The van der Waals surface area contributed by atoms with E-state index in [1.165, 1.54) is 6.42 Å². The highest BCUT2D eigenvalue weighted by molar-refractivity contribution is 5.82. The summed E-state index contributed by atoms with van der Waals surface area (Å²) in [5.74, 6) is -0.155. The lowest BCUT2D eigenvalue weighted by atomic mass is 10.1. The number of likely N-dealkylation sites (tertiary alicyclic amines) is 1. The van der Waals surface area contributed by atoms with Gasteiger partial charge < -0.3 is 10.0 Å². The molecule has 2 saturated heterocycles. The second-order valence-corrected chi connectivity index (χ2v) is 5.94. The second-order valence-electron chi connectivity index (χ2n) is 5.94. The second kappa shape index (κ2) is 5.54. The van der Waals surface area contributed by atoms with Gasteiger partial charge in [-0.05, 0) is 31.9 Å². The zero-order valence-electron chi connectivity index (χ0n) is 11.9. The van der Waals surface area contributed by atoms with Crippen LogP contribution in [0.4, 0.5) is 0 Å². The van der Waals surface area contributed by atoms with Gasteiger partial charge in [0.1, 0.15) is 0 Å². The van der Waals surface area contributed by atoms with Gasteiger partial charge in [-0.3, -0.25) is 9.69 Å². The number of aliphatic hydroxyl groups excluding tert-OH is 1. The Hall–Kier alpha value is -1.39. The van der Waals surface area contributed by atoms with Crippen LogP contribution in [0.5, 0.6) is 0 Å². The van der Waals surface area contributed by atoms with E-state index in [0.29, 0.717) is 17.6 Å². The lowest BCUT2D eigenvalue weighted by Crippen LogP contribution is -2.41. The minimum atomic E-state index is -1.03. The fraction of sp³-hybridized carbons (Fsp3) is 0.562. The maximum Gasteiger partial charge on any atom is 0.256 e. The summed E-state index contributed by atoms with van der Waals surface area (Å²) < 4.78 is 0. The van der Waals surface area contributed by atoms with Gasteiger partial charge in [0, 0.05) is 25.2 Å². The maximum absolute atomic E-state index is 12.5. The van der Waals surface area contributed by atoms with Crippen molar-refractivity contribution in [1.29, 1.82) is 0 Å². The summed E-state index contributed by atoms with van der Waals surface area (Å²) in [6, 6.07) is 10.3. The number of carbonyl (C=O) groups excluding carboxylic acids is 1. The maximum atomic E-state index is 12.5. The minimum absolute atomic E-state index is 0.155. The van der Waals surface area contributed by atoms with E-state index in [4.69, 9.17) is 0 Å². The molecule has 1 aromatic carbocycles. The smallest absolute Gasteiger partial charge is 0.256 e. The third-order valence-electron chi connectivity index (χ3n) is 4.81. The van der Waals surface area contributed by atoms with Crippen molar-refractivity contribution in [2.24, 2.45) is 0 Å². The van der Waals surface area contributed by atoms with Crippen LogP contribution in [0.15, 0.2) is 30.3 Å². The van der Waals surface area contributed by atoms with Crippen LogP contribution in [0.1, 0.15) is 30.9 Å². The average Bonchev–Trinajstić information content (AvgIpc) is 2.72. The number of rotatable bonds is 2. The van der Waals surface area contributed by atoms with Gasteiger partial charge in [0.2, 0.25) is 0 Å². The van der Waals surface area contributed by atoms with Crippen LogP contribution in [-0.2, 0) is 4.79 Å². The van der Waals surface area contributed by atoms with Gasteiger partial charge in [-0.25, -0.2) is 0 Å². The van der Waals surface area contributed by atoms with E-state index >= 15 is 0 Å². The van der Waals surface area contributed by atoms with Crippen LogP contribution in [0.25, 0.3) is 0 Å². The van der Waals surface area contributed by atoms with Crippen molar-refractivity contribution in [2.45, 2.75) is 37.5 Å². The predicted molar refractivity (Wildman–Crippen MR) is 77.2 cm³/mol. The summed E-state index contributed by atoms with van der Waals surface area (Å²) in [7, 11) is 2.16. The topological polar surface area (TPSA) is 43.8 Å². The summed E-state index contributed by atoms with van der Waals surface area (Å²) >= 11 is 0. The molecule has 1 N–H and O–H groups in total. The van der Waals surface area contributed by atoms with Crippen molar-refractivity contribution in [2.75, 3.05) is 20.1 Å². The van der Waals surface area contributed by atoms with Gasteiger partial charge in [-0.1, -0.05) is 30.3 Å². The molecule has 0 aliphatic carbocycles. The number of amides is 1. The molecule has 0 aromatic heterocycles. The molecule has 108 valence electrons. The van der Waals surface area contributed by atoms with Crippen molar-refractivity contribution in [1.82, 2.24) is 9.80 Å². The molecule has 2 heterocycles. The van der Waals surface area contributed by atoms with Crippen molar-refractivity contribution >= 4 is 5.91 Å². The zero-order valence-corrected chi connectivity index (χ0v) is 11.9. The Bertz CT molecular complexity index is 477. The summed E-state index contributed by atoms with van der Waals surface area (Å²) in [5.41, 5.74) is 0.681. The van der Waals surface area contributed by atoms with Crippen LogP contribution in [0.3, 0.4) is 0 Å². The monoisotopic (exact) mass is 274 g/mol. The SMILES string of the molecule is CN1C2CCC1CN(C(=O)C(O)c1ccccc1)CC2. The average molecular weight is 274 g/mol. The molecular formula is C16H22N2O2. The molecule has 1 amide bonds. The first kappa shape index (κ1) is 13.6. The first-order valence-electron chi connectivity index (χ1n) is 7.40. The molecule has 0 spiro atoms. The number of nitrogens with zero attached hydrogens (tertiary/aromatic N) is 2. The summed E-state index contributed by atoms with van der Waals surface area (Å²) in [6.45, 7) is 1.50. The number of aliphatic hydroxyl groups is 1. The number of carbonyl (C=O) groups is 1. The molecule has 2 aliphatic heterocycles. The number of hydrogen-bond donors (Lipinski definition) is 1. The third-order valence-corrected chi connectivity index (χ3v) is 4.81. The Labute approximate surface area is 120 Å². The Morgan fingerprint density at radius 2 is 1.90 bits per heavy atom. The Morgan fingerprint density at radius 1 is 1.20 bits per heavy atom. The molecular weight excluding hydrogens is 252 g/mol. The van der Waals surface area contributed by atoms with E-state index in [1.54, 1.807) is 12.1 Å². The normalized spacial score (nSPS) is 28.2. The zero-order chi connectivity index (χ0) is 14.1. The van der Waals surface area contributed by atoms with E-state index in [2.05, 4.69) is 11.9 Å². The van der Waals surface area contributed by atoms with Crippen molar-refractivity contribution in [3.63, 3.8) is 0 Å². The van der Waals surface area contributed by atoms with E-state index in [9.17, 15) is 9.90 Å². The molecule has 3 rings (SSSR count). The molecule has 1 aromatic rings. The van der Waals surface area contributed by atoms with Crippen molar-refractivity contribution < 1.29 is 9.90 Å². The van der Waals surface area contributed by atoms with Gasteiger partial charge in [-0.2, -0.15) is 0 Å². The van der Waals surface area contributed by atoms with Gasteiger partial charge in [-0.15, -0.1) is 0 Å². The molecule has 4 heteroatoms. The fourth-order valence-electron chi connectivity index (χ4n) is 3.46. The van der Waals surface area contributed by atoms with Gasteiger partial charge >= 0.3 is 0 Å². The highest BCUT2D eigenvalue weighted by atomic mass is 16.3. The molecule has 2 aliphatic rings. The summed E-state index contributed by atoms with van der Waals surface area (Å²) in [5, 5.41) is 10.3. The highest BCUT2D eigenvalue weighted by Gasteiger charge is 2.37. The fourth-order valence-corrected chi connectivity index (χ4v) is 3.46. The predicted octanol–water partition coefficient (Wildman–Crippen LogP) is 1.42. The molecule has 0 saturated carbocycles. The molecule has 3 unspecified atom stereocenters. The van der Waals surface area contributed by atoms with Crippen LogP contribution in [0, 0.1) is 0 Å². The Morgan fingerprint density at radius 3 is 2.65 bits per heavy atom. The van der Waals surface area contributed by atoms with Gasteiger partial charge in [0.25, 0.3) is 5.91 Å². The summed E-state index contributed by atoms with van der Waals surface area (Å²) in [6.07, 6.45) is 2.38.